The fraction of sp³-hybridized carbons (Fsp3) is 0. The van der Waals surface area contributed by atoms with Crippen molar-refractivity contribution in [2.24, 2.45) is 0 Å². The van der Waals surface area contributed by atoms with E-state index >= 15 is 0 Å². The first-order chi connectivity index (χ1) is 5.27. The molecular weight excluding hydrogens is 185 g/mol. The average molecular weight is 187 g/mol. The summed E-state index contributed by atoms with van der Waals surface area (Å²) in [6.07, 6.45) is 1.40. The molecule has 0 aliphatic carbocycles. The quantitative estimate of drug-likeness (QED) is 0.591. The highest BCUT2D eigenvalue weighted by Crippen LogP contribution is 2.21. The molecule has 0 spiro atoms. The van der Waals surface area contributed by atoms with Crippen LogP contribution in [-0.2, 0) is 0 Å². The lowest BCUT2D eigenvalue weighted by Crippen LogP contribution is -1.79. The molecule has 2 rings (SSSR count). The summed E-state index contributed by atoms with van der Waals surface area (Å²) < 4.78 is 0. The van der Waals surface area contributed by atoms with Gasteiger partial charge in [0.05, 0.1) is 10.2 Å². The smallest absolute Gasteiger partial charge is 0.0616 e. The number of aromatic nitrogens is 3. The van der Waals surface area contributed by atoms with Crippen molar-refractivity contribution in [2.75, 3.05) is 0 Å². The molecule has 0 unspecified atom stereocenters. The highest BCUT2D eigenvalue weighted by atomic mass is 35.5. The van der Waals surface area contributed by atoms with Crippen LogP contribution in [0.15, 0.2) is 12.4 Å². The van der Waals surface area contributed by atoms with Gasteiger partial charge in [-0.25, -0.2) is 0 Å². The monoisotopic (exact) mass is 186 g/mol. The van der Waals surface area contributed by atoms with E-state index in [1.165, 1.54) is 6.33 Å². The van der Waals surface area contributed by atoms with Crippen LogP contribution in [0.5, 0.6) is 0 Å². The second kappa shape index (κ2) is 2.36. The molecule has 5 heteroatoms. The van der Waals surface area contributed by atoms with Crippen LogP contribution in [0, 0.1) is 0 Å². The highest BCUT2D eigenvalue weighted by molar-refractivity contribution is 6.37. The van der Waals surface area contributed by atoms with Gasteiger partial charge in [0.1, 0.15) is 0 Å². The van der Waals surface area contributed by atoms with E-state index in [4.69, 9.17) is 23.2 Å². The molecule has 2 aromatic heterocycles. The summed E-state index contributed by atoms with van der Waals surface area (Å²) in [5.41, 5.74) is 1.08. The van der Waals surface area contributed by atoms with Crippen LogP contribution in [0.2, 0.25) is 10.2 Å². The molecule has 11 heavy (non-hydrogen) atoms. The lowest BCUT2D eigenvalue weighted by molar-refractivity contribution is 1.28. The van der Waals surface area contributed by atoms with E-state index in [9.17, 15) is 0 Å². The zero-order chi connectivity index (χ0) is 7.84. The van der Waals surface area contributed by atoms with Gasteiger partial charge >= 0.3 is 0 Å². The summed E-state index contributed by atoms with van der Waals surface area (Å²) in [6, 6.07) is 1.54. The Balaban J connectivity index is 2.91. The Kier molecular flexibility index (Phi) is 1.47. The van der Waals surface area contributed by atoms with Gasteiger partial charge in [-0.2, -0.15) is 0 Å². The number of imidazole rings is 1. The van der Waals surface area contributed by atoms with Crippen LogP contribution in [0.3, 0.4) is 0 Å². The molecule has 0 radical (unpaired) electrons. The summed E-state index contributed by atoms with van der Waals surface area (Å²) in [5, 5.41) is 0.820. The molecule has 0 aliphatic heterocycles. The minimum atomic E-state index is 0.336. The minimum Gasteiger partial charge on any atom is -0.367 e. The van der Waals surface area contributed by atoms with Gasteiger partial charge in [-0.05, 0) is 12.4 Å². The van der Waals surface area contributed by atoms with Crippen molar-refractivity contribution in [1.29, 1.82) is 0 Å². The summed E-state index contributed by atoms with van der Waals surface area (Å²) in [4.78, 5) is 11.6. The van der Waals surface area contributed by atoms with Crippen LogP contribution in [0.25, 0.3) is 11.2 Å². The van der Waals surface area contributed by atoms with E-state index in [0.717, 1.165) is 0 Å². The van der Waals surface area contributed by atoms with Gasteiger partial charge in [-0.1, -0.05) is 23.2 Å². The topological polar surface area (TPSA) is 39.9 Å². The van der Waals surface area contributed by atoms with Crippen molar-refractivity contribution in [1.82, 2.24) is 15.0 Å². The molecule has 2 aromatic rings. The van der Waals surface area contributed by atoms with Gasteiger partial charge < -0.3 is 15.0 Å². The number of nitrogens with zero attached hydrogens (tertiary/aromatic N) is 3. The van der Waals surface area contributed by atoms with Crippen molar-refractivity contribution in [3.63, 3.8) is 0 Å². The van der Waals surface area contributed by atoms with Crippen LogP contribution in [-0.4, -0.2) is 9.97 Å². The molecule has 0 fully saturated rings. The van der Waals surface area contributed by atoms with Gasteiger partial charge in [0.15, 0.2) is 0 Å². The largest absolute Gasteiger partial charge is 0.367 e. The zero-order valence-corrected chi connectivity index (χ0v) is 6.76. The van der Waals surface area contributed by atoms with E-state index in [0.29, 0.717) is 21.3 Å². The van der Waals surface area contributed by atoms with E-state index in [1.54, 1.807) is 6.07 Å². The molecule has 0 aliphatic rings. The summed E-state index contributed by atoms with van der Waals surface area (Å²) in [5.74, 6) is 0. The number of hydrogen-bond acceptors (Lipinski definition) is 2. The summed E-state index contributed by atoms with van der Waals surface area (Å²) >= 11 is 11.4. The Morgan fingerprint density at radius 1 is 1.36 bits per heavy atom. The molecule has 0 saturated carbocycles. The van der Waals surface area contributed by atoms with Crippen LogP contribution < -0.4 is 4.98 Å². The number of rotatable bonds is 0. The third-order valence-corrected chi connectivity index (χ3v) is 1.75. The van der Waals surface area contributed by atoms with Crippen molar-refractivity contribution in [2.45, 2.75) is 0 Å². The van der Waals surface area contributed by atoms with Crippen molar-refractivity contribution < 1.29 is 0 Å². The fourth-order valence-corrected chi connectivity index (χ4v) is 1.30. The highest BCUT2D eigenvalue weighted by Gasteiger charge is 1.95. The van der Waals surface area contributed by atoms with Gasteiger partial charge in [0.25, 0.3) is 0 Å². The second-order valence-electron chi connectivity index (χ2n) is 1.97. The van der Waals surface area contributed by atoms with Crippen molar-refractivity contribution in [3.05, 3.63) is 22.6 Å². The molecular formula is C6H2Cl2N3-. The maximum Gasteiger partial charge on any atom is 0.0616 e. The SMILES string of the molecule is Clc1cc(Cl)c2nc[n-]c2n1. The maximum absolute atomic E-state index is 5.78. The van der Waals surface area contributed by atoms with Gasteiger partial charge in [0.2, 0.25) is 0 Å². The van der Waals surface area contributed by atoms with Gasteiger partial charge in [-0.15, -0.1) is 0 Å². The molecule has 0 atom stereocenters. The molecule has 0 aromatic carbocycles. The first-order valence-electron chi connectivity index (χ1n) is 2.87. The van der Waals surface area contributed by atoms with Gasteiger partial charge in [-0.3, -0.25) is 0 Å². The number of halogens is 2. The second-order valence-corrected chi connectivity index (χ2v) is 2.77. The maximum atomic E-state index is 5.78. The van der Waals surface area contributed by atoms with Crippen molar-refractivity contribution in [3.8, 4) is 0 Å². The number of fused-ring (bicyclic) bond motifs is 1. The first kappa shape index (κ1) is 6.88. The number of pyridine rings is 1. The van der Waals surface area contributed by atoms with Crippen LogP contribution >= 0.6 is 23.2 Å². The lowest BCUT2D eigenvalue weighted by Gasteiger charge is -1.99. The Labute approximate surface area is 72.4 Å². The first-order valence-corrected chi connectivity index (χ1v) is 3.62. The zero-order valence-electron chi connectivity index (χ0n) is 5.25. The Hall–Kier alpha value is -0.800. The number of hydrogen-bond donors (Lipinski definition) is 0. The van der Waals surface area contributed by atoms with Crippen molar-refractivity contribution >= 4 is 34.4 Å². The van der Waals surface area contributed by atoms with Crippen LogP contribution in [0.4, 0.5) is 0 Å². The van der Waals surface area contributed by atoms with E-state index < -0.39 is 0 Å². The predicted octanol–water partition coefficient (Wildman–Crippen LogP) is 1.89. The Morgan fingerprint density at radius 2 is 2.18 bits per heavy atom. The molecule has 3 nitrogen and oxygen atoms in total. The molecule has 2 heterocycles. The predicted molar refractivity (Wildman–Crippen MR) is 42.9 cm³/mol. The summed E-state index contributed by atoms with van der Waals surface area (Å²) in [6.45, 7) is 0. The summed E-state index contributed by atoms with van der Waals surface area (Å²) in [7, 11) is 0. The molecule has 0 saturated heterocycles. The van der Waals surface area contributed by atoms with Gasteiger partial charge in [0, 0.05) is 11.2 Å². The third-order valence-electron chi connectivity index (χ3n) is 1.26. The Bertz CT molecular complexity index is 396. The molecule has 0 N–H and O–H groups in total. The van der Waals surface area contributed by atoms with Crippen LogP contribution in [0.1, 0.15) is 0 Å². The van der Waals surface area contributed by atoms with E-state index in [-0.39, 0.29) is 0 Å². The van der Waals surface area contributed by atoms with E-state index in [2.05, 4.69) is 15.0 Å². The molecule has 56 valence electrons. The normalized spacial score (nSPS) is 10.7. The average Bonchev–Trinajstić information content (AvgIpc) is 2.34. The third kappa shape index (κ3) is 1.06. The molecule has 0 amide bonds. The van der Waals surface area contributed by atoms with E-state index in [1.807, 2.05) is 0 Å². The fourth-order valence-electron chi connectivity index (χ4n) is 0.817. The standard InChI is InChI=1S/C6H2Cl2N3/c7-3-1-4(8)11-6-5(3)9-2-10-6/h1-2H/q-1. The lowest BCUT2D eigenvalue weighted by atomic mass is 10.4. The Morgan fingerprint density at radius 3 is 3.00 bits per heavy atom. The molecule has 0 bridgehead atoms. The minimum absolute atomic E-state index is 0.336.